The summed E-state index contributed by atoms with van der Waals surface area (Å²) in [4.78, 5) is 0. The standard InChI is InChI=1S/C14H15ClN2O3S2/c15-12-3-1-10(2-4-12)8-21-14-17-16-13(20-14)7-11-5-6-22(18,19)9-11/h1-4,11H,5-9H2/t11-/m0/s1. The van der Waals surface area contributed by atoms with Crippen LogP contribution < -0.4 is 0 Å². The monoisotopic (exact) mass is 358 g/mol. The first-order chi connectivity index (χ1) is 10.5. The number of halogens is 1. The molecule has 1 aliphatic heterocycles. The molecule has 2 heterocycles. The molecule has 5 nitrogen and oxygen atoms in total. The molecule has 0 unspecified atom stereocenters. The van der Waals surface area contributed by atoms with Crippen LogP contribution >= 0.6 is 23.4 Å². The zero-order chi connectivity index (χ0) is 15.6. The summed E-state index contributed by atoms with van der Waals surface area (Å²) in [5.41, 5.74) is 1.12. The van der Waals surface area contributed by atoms with Gasteiger partial charge in [0.25, 0.3) is 5.22 Å². The molecule has 1 aromatic carbocycles. The molecular weight excluding hydrogens is 344 g/mol. The largest absolute Gasteiger partial charge is 0.416 e. The number of hydrogen-bond donors (Lipinski definition) is 0. The first-order valence-corrected chi connectivity index (χ1v) is 10.1. The molecule has 2 aromatic rings. The molecule has 0 aliphatic carbocycles. The number of aromatic nitrogens is 2. The van der Waals surface area contributed by atoms with Crippen molar-refractivity contribution >= 4 is 33.2 Å². The third-order valence-corrected chi connectivity index (χ3v) is 6.49. The molecule has 0 amide bonds. The molecule has 1 fully saturated rings. The van der Waals surface area contributed by atoms with Crippen LogP contribution in [0.1, 0.15) is 17.9 Å². The highest BCUT2D eigenvalue weighted by Gasteiger charge is 2.29. The van der Waals surface area contributed by atoms with E-state index in [1.54, 1.807) is 0 Å². The Morgan fingerprint density at radius 1 is 1.27 bits per heavy atom. The van der Waals surface area contributed by atoms with Crippen molar-refractivity contribution in [1.82, 2.24) is 10.2 Å². The van der Waals surface area contributed by atoms with Gasteiger partial charge in [-0.3, -0.25) is 0 Å². The maximum absolute atomic E-state index is 11.4. The van der Waals surface area contributed by atoms with E-state index >= 15 is 0 Å². The Kier molecular flexibility index (Phi) is 4.75. The molecular formula is C14H15ClN2O3S2. The van der Waals surface area contributed by atoms with Crippen LogP contribution in [0.5, 0.6) is 0 Å². The minimum absolute atomic E-state index is 0.0968. The van der Waals surface area contributed by atoms with E-state index in [1.165, 1.54) is 11.8 Å². The average molecular weight is 359 g/mol. The molecule has 0 saturated carbocycles. The van der Waals surface area contributed by atoms with Crippen LogP contribution in [0, 0.1) is 5.92 Å². The summed E-state index contributed by atoms with van der Waals surface area (Å²) >= 11 is 7.30. The molecule has 1 aliphatic rings. The van der Waals surface area contributed by atoms with E-state index in [4.69, 9.17) is 16.0 Å². The number of nitrogens with zero attached hydrogens (tertiary/aromatic N) is 2. The summed E-state index contributed by atoms with van der Waals surface area (Å²) < 4.78 is 28.5. The lowest BCUT2D eigenvalue weighted by Crippen LogP contribution is -2.07. The van der Waals surface area contributed by atoms with Crippen LogP contribution in [-0.2, 0) is 22.0 Å². The third kappa shape index (κ3) is 4.24. The highest BCUT2D eigenvalue weighted by Crippen LogP contribution is 2.25. The minimum Gasteiger partial charge on any atom is -0.416 e. The fourth-order valence-electron chi connectivity index (χ4n) is 2.38. The Morgan fingerprint density at radius 2 is 2.05 bits per heavy atom. The number of hydrogen-bond acceptors (Lipinski definition) is 6. The van der Waals surface area contributed by atoms with Gasteiger partial charge in [-0.05, 0) is 30.0 Å². The summed E-state index contributed by atoms with van der Waals surface area (Å²) in [7, 11) is -2.86. The first-order valence-electron chi connectivity index (χ1n) is 6.90. The first kappa shape index (κ1) is 15.8. The number of rotatable bonds is 5. The second-order valence-electron chi connectivity index (χ2n) is 5.35. The maximum Gasteiger partial charge on any atom is 0.276 e. The van der Waals surface area contributed by atoms with E-state index in [1.807, 2.05) is 24.3 Å². The second kappa shape index (κ2) is 6.60. The highest BCUT2D eigenvalue weighted by molar-refractivity contribution is 7.98. The predicted octanol–water partition coefficient (Wildman–Crippen LogP) is 2.99. The Balaban J connectivity index is 1.54. The van der Waals surface area contributed by atoms with Gasteiger partial charge in [0, 0.05) is 17.2 Å². The van der Waals surface area contributed by atoms with Gasteiger partial charge in [0.1, 0.15) is 0 Å². The zero-order valence-electron chi connectivity index (χ0n) is 11.7. The van der Waals surface area contributed by atoms with Crippen molar-refractivity contribution in [2.75, 3.05) is 11.5 Å². The Morgan fingerprint density at radius 3 is 2.73 bits per heavy atom. The van der Waals surface area contributed by atoms with Gasteiger partial charge in [0.05, 0.1) is 11.5 Å². The number of thioether (sulfide) groups is 1. The van der Waals surface area contributed by atoms with Crippen LogP contribution in [0.2, 0.25) is 5.02 Å². The van der Waals surface area contributed by atoms with Gasteiger partial charge in [-0.2, -0.15) is 0 Å². The lowest BCUT2D eigenvalue weighted by atomic mass is 10.1. The number of sulfone groups is 1. The van der Waals surface area contributed by atoms with E-state index in [0.29, 0.717) is 29.0 Å². The summed E-state index contributed by atoms with van der Waals surface area (Å²) in [5, 5.41) is 9.21. The molecule has 0 radical (unpaired) electrons. The SMILES string of the molecule is O=S1(=O)CC[C@@H](Cc2nnc(SCc3ccc(Cl)cc3)o2)C1. The molecule has 8 heteroatoms. The van der Waals surface area contributed by atoms with Crippen molar-refractivity contribution in [2.24, 2.45) is 5.92 Å². The van der Waals surface area contributed by atoms with Crippen LogP contribution in [-0.4, -0.2) is 30.1 Å². The predicted molar refractivity (Wildman–Crippen MR) is 85.8 cm³/mol. The van der Waals surface area contributed by atoms with Crippen LogP contribution in [0.25, 0.3) is 0 Å². The lowest BCUT2D eigenvalue weighted by molar-refractivity contribution is 0.389. The Bertz CT molecular complexity index is 744. The Hall–Kier alpha value is -1.05. The van der Waals surface area contributed by atoms with Gasteiger partial charge in [0.15, 0.2) is 9.84 Å². The molecule has 118 valence electrons. The summed E-state index contributed by atoms with van der Waals surface area (Å²) in [6, 6.07) is 7.60. The molecule has 1 saturated heterocycles. The van der Waals surface area contributed by atoms with E-state index < -0.39 is 9.84 Å². The van der Waals surface area contributed by atoms with Crippen molar-refractivity contribution in [3.8, 4) is 0 Å². The lowest BCUT2D eigenvalue weighted by Gasteiger charge is -2.02. The fraction of sp³-hybridized carbons (Fsp3) is 0.429. The fourth-order valence-corrected chi connectivity index (χ4v) is 5.11. The second-order valence-corrected chi connectivity index (χ2v) is 8.94. The van der Waals surface area contributed by atoms with Crippen LogP contribution in [0.3, 0.4) is 0 Å². The Labute approximate surface area is 138 Å². The van der Waals surface area contributed by atoms with Crippen molar-refractivity contribution in [3.63, 3.8) is 0 Å². The van der Waals surface area contributed by atoms with Crippen LogP contribution in [0.4, 0.5) is 0 Å². The van der Waals surface area contributed by atoms with Gasteiger partial charge in [0.2, 0.25) is 5.89 Å². The van der Waals surface area contributed by atoms with Crippen molar-refractivity contribution in [3.05, 3.63) is 40.7 Å². The zero-order valence-corrected chi connectivity index (χ0v) is 14.1. The molecule has 0 spiro atoms. The molecule has 0 bridgehead atoms. The van der Waals surface area contributed by atoms with Crippen molar-refractivity contribution in [1.29, 1.82) is 0 Å². The summed E-state index contributed by atoms with van der Waals surface area (Å²) in [6.45, 7) is 0. The normalized spacial score (nSPS) is 20.3. The van der Waals surface area contributed by atoms with Gasteiger partial charge >= 0.3 is 0 Å². The van der Waals surface area contributed by atoms with E-state index in [2.05, 4.69) is 10.2 Å². The molecule has 1 aromatic heterocycles. The van der Waals surface area contributed by atoms with E-state index in [0.717, 1.165) is 11.3 Å². The van der Waals surface area contributed by atoms with Gasteiger partial charge in [-0.1, -0.05) is 35.5 Å². The molecule has 0 N–H and O–H groups in total. The minimum atomic E-state index is -2.86. The van der Waals surface area contributed by atoms with Crippen molar-refractivity contribution < 1.29 is 12.8 Å². The molecule has 3 rings (SSSR count). The van der Waals surface area contributed by atoms with Crippen molar-refractivity contribution in [2.45, 2.75) is 23.8 Å². The highest BCUT2D eigenvalue weighted by atomic mass is 35.5. The van der Waals surface area contributed by atoms with Gasteiger partial charge < -0.3 is 4.42 Å². The number of benzene rings is 1. The smallest absolute Gasteiger partial charge is 0.276 e. The summed E-state index contributed by atoms with van der Waals surface area (Å²) in [6.07, 6.45) is 1.21. The topological polar surface area (TPSA) is 73.1 Å². The molecule has 22 heavy (non-hydrogen) atoms. The average Bonchev–Trinajstić information content (AvgIpc) is 3.05. The van der Waals surface area contributed by atoms with Gasteiger partial charge in [-0.15, -0.1) is 10.2 Å². The van der Waals surface area contributed by atoms with Gasteiger partial charge in [-0.25, -0.2) is 8.42 Å². The van der Waals surface area contributed by atoms with Crippen LogP contribution in [0.15, 0.2) is 33.9 Å². The maximum atomic E-state index is 11.4. The molecule has 1 atom stereocenters. The third-order valence-electron chi connectivity index (χ3n) is 3.51. The summed E-state index contributed by atoms with van der Waals surface area (Å²) in [5.74, 6) is 1.82. The van der Waals surface area contributed by atoms with E-state index in [-0.39, 0.29) is 17.4 Å². The van der Waals surface area contributed by atoms with E-state index in [9.17, 15) is 8.42 Å². The quantitative estimate of drug-likeness (QED) is 0.765.